The summed E-state index contributed by atoms with van der Waals surface area (Å²) in [5, 5.41) is 8.57. The summed E-state index contributed by atoms with van der Waals surface area (Å²) in [5.74, 6) is -0.0556. The third kappa shape index (κ3) is 4.90. The molecule has 0 atom stereocenters. The van der Waals surface area contributed by atoms with Gasteiger partial charge in [0.05, 0.1) is 5.69 Å². The zero-order chi connectivity index (χ0) is 17.8. The summed E-state index contributed by atoms with van der Waals surface area (Å²) in [6.45, 7) is 4.50. The fraction of sp³-hybridized carbons (Fsp3) is 0.278. The normalized spacial score (nSPS) is 10.8. The Hall–Kier alpha value is -2.18. The van der Waals surface area contributed by atoms with E-state index in [-0.39, 0.29) is 5.91 Å². The van der Waals surface area contributed by atoms with E-state index >= 15 is 0 Å². The Labute approximate surface area is 155 Å². The van der Waals surface area contributed by atoms with Crippen LogP contribution in [-0.4, -0.2) is 20.7 Å². The van der Waals surface area contributed by atoms with Gasteiger partial charge in [-0.15, -0.1) is 11.3 Å². The van der Waals surface area contributed by atoms with Crippen molar-refractivity contribution < 1.29 is 4.79 Å². The van der Waals surface area contributed by atoms with Crippen LogP contribution in [0.2, 0.25) is 5.02 Å². The van der Waals surface area contributed by atoms with Gasteiger partial charge >= 0.3 is 0 Å². The number of anilines is 1. The second-order valence-corrected chi connectivity index (χ2v) is 7.44. The van der Waals surface area contributed by atoms with Gasteiger partial charge in [0.2, 0.25) is 5.91 Å². The molecule has 0 saturated heterocycles. The van der Waals surface area contributed by atoms with Gasteiger partial charge in [-0.3, -0.25) is 9.48 Å². The van der Waals surface area contributed by atoms with Crippen LogP contribution in [0.15, 0.2) is 36.5 Å². The van der Waals surface area contributed by atoms with Gasteiger partial charge in [-0.2, -0.15) is 5.10 Å². The van der Waals surface area contributed by atoms with E-state index < -0.39 is 0 Å². The summed E-state index contributed by atoms with van der Waals surface area (Å²) >= 11 is 7.39. The van der Waals surface area contributed by atoms with Crippen molar-refractivity contribution in [2.75, 3.05) is 5.32 Å². The first kappa shape index (κ1) is 17.6. The molecule has 0 unspecified atom stereocenters. The number of benzene rings is 1. The zero-order valence-electron chi connectivity index (χ0n) is 14.1. The third-order valence-electron chi connectivity index (χ3n) is 3.75. The van der Waals surface area contributed by atoms with Crippen molar-refractivity contribution in [3.8, 4) is 0 Å². The van der Waals surface area contributed by atoms with Gasteiger partial charge in [0.25, 0.3) is 0 Å². The minimum Gasteiger partial charge on any atom is -0.302 e. The third-order valence-corrected chi connectivity index (χ3v) is 4.91. The summed E-state index contributed by atoms with van der Waals surface area (Å²) in [5.41, 5.74) is 3.19. The van der Waals surface area contributed by atoms with Crippen molar-refractivity contribution in [1.82, 2.24) is 14.8 Å². The number of aromatic nitrogens is 3. The molecule has 0 bridgehead atoms. The molecule has 3 rings (SSSR count). The number of rotatable bonds is 6. The van der Waals surface area contributed by atoms with Crippen molar-refractivity contribution in [2.24, 2.45) is 0 Å². The average Bonchev–Trinajstić information content (AvgIpc) is 3.13. The van der Waals surface area contributed by atoms with Crippen LogP contribution in [-0.2, 0) is 17.8 Å². The van der Waals surface area contributed by atoms with Crippen molar-refractivity contribution in [2.45, 2.75) is 33.2 Å². The quantitative estimate of drug-likeness (QED) is 0.702. The molecule has 25 heavy (non-hydrogen) atoms. The molecule has 5 nitrogen and oxygen atoms in total. The maximum absolute atomic E-state index is 12.1. The lowest BCUT2D eigenvalue weighted by molar-refractivity contribution is -0.116. The summed E-state index contributed by atoms with van der Waals surface area (Å²) in [4.78, 5) is 17.5. The molecule has 7 heteroatoms. The van der Waals surface area contributed by atoms with E-state index in [1.54, 1.807) is 6.20 Å². The van der Waals surface area contributed by atoms with E-state index in [2.05, 4.69) is 15.4 Å². The Morgan fingerprint density at radius 3 is 2.72 bits per heavy atom. The molecule has 3 aromatic rings. The smallest absolute Gasteiger partial charge is 0.228 e. The van der Waals surface area contributed by atoms with Crippen molar-refractivity contribution in [1.29, 1.82) is 0 Å². The van der Waals surface area contributed by atoms with Gasteiger partial charge in [0, 0.05) is 41.2 Å². The lowest BCUT2D eigenvalue weighted by Crippen LogP contribution is -2.15. The number of nitrogens with one attached hydrogen (secondary N) is 1. The first-order valence-corrected chi connectivity index (χ1v) is 9.19. The molecule has 1 aromatic carbocycles. The van der Waals surface area contributed by atoms with E-state index in [1.807, 2.05) is 48.9 Å². The number of aryl methyl sites for hydroxylation is 3. The minimum atomic E-state index is -0.0556. The lowest BCUT2D eigenvalue weighted by Gasteiger charge is -2.04. The van der Waals surface area contributed by atoms with Crippen LogP contribution in [0.5, 0.6) is 0 Å². The SMILES string of the molecule is Cc1cc(C)n(CCC(=O)Nc2ncc(Cc3ccc(Cl)cc3)s2)n1. The molecule has 130 valence electrons. The van der Waals surface area contributed by atoms with Crippen molar-refractivity contribution >= 4 is 34.0 Å². The van der Waals surface area contributed by atoms with Gasteiger partial charge in [0.1, 0.15) is 0 Å². The molecule has 0 aliphatic rings. The molecule has 0 radical (unpaired) electrons. The van der Waals surface area contributed by atoms with Gasteiger partial charge in [-0.05, 0) is 37.6 Å². The number of carbonyl (C=O) groups excluding carboxylic acids is 1. The summed E-state index contributed by atoms with van der Waals surface area (Å²) in [7, 11) is 0. The largest absolute Gasteiger partial charge is 0.302 e. The molecule has 2 heterocycles. The second kappa shape index (κ2) is 7.80. The van der Waals surface area contributed by atoms with Crippen LogP contribution in [0.4, 0.5) is 5.13 Å². The van der Waals surface area contributed by atoms with Gasteiger partial charge < -0.3 is 5.32 Å². The highest BCUT2D eigenvalue weighted by molar-refractivity contribution is 7.15. The first-order valence-electron chi connectivity index (χ1n) is 7.99. The van der Waals surface area contributed by atoms with E-state index in [1.165, 1.54) is 11.3 Å². The molecular weight excluding hydrogens is 356 g/mol. The Morgan fingerprint density at radius 1 is 1.28 bits per heavy atom. The van der Waals surface area contributed by atoms with Crippen LogP contribution < -0.4 is 5.32 Å². The van der Waals surface area contributed by atoms with Crippen molar-refractivity contribution in [3.05, 3.63) is 63.4 Å². The standard InChI is InChI=1S/C18H19ClN4OS/c1-12-9-13(2)23(22-12)8-7-17(24)21-18-20-11-16(25-18)10-14-3-5-15(19)6-4-14/h3-6,9,11H,7-8,10H2,1-2H3,(H,20,21,24). The summed E-state index contributed by atoms with van der Waals surface area (Å²) < 4.78 is 1.85. The zero-order valence-corrected chi connectivity index (χ0v) is 15.7. The lowest BCUT2D eigenvalue weighted by atomic mass is 10.1. The molecule has 0 aliphatic heterocycles. The topological polar surface area (TPSA) is 59.8 Å². The molecule has 0 spiro atoms. The molecule has 2 aromatic heterocycles. The second-order valence-electron chi connectivity index (χ2n) is 5.88. The highest BCUT2D eigenvalue weighted by atomic mass is 35.5. The number of carbonyl (C=O) groups is 1. The highest BCUT2D eigenvalue weighted by Gasteiger charge is 2.09. The molecule has 0 fully saturated rings. The molecule has 0 aliphatic carbocycles. The fourth-order valence-corrected chi connectivity index (χ4v) is 3.53. The molecule has 0 saturated carbocycles. The van der Waals surface area contributed by atoms with E-state index in [0.29, 0.717) is 18.1 Å². The van der Waals surface area contributed by atoms with Gasteiger partial charge in [-0.25, -0.2) is 4.98 Å². The number of thiazole rings is 1. The predicted octanol–water partition coefficient (Wildman–Crippen LogP) is 4.23. The minimum absolute atomic E-state index is 0.0556. The van der Waals surface area contributed by atoms with Crippen LogP contribution in [0.3, 0.4) is 0 Å². The van der Waals surface area contributed by atoms with E-state index in [9.17, 15) is 4.79 Å². The average molecular weight is 375 g/mol. The Kier molecular flexibility index (Phi) is 5.50. The Balaban J connectivity index is 1.53. The highest BCUT2D eigenvalue weighted by Crippen LogP contribution is 2.22. The number of nitrogens with zero attached hydrogens (tertiary/aromatic N) is 3. The van der Waals surface area contributed by atoms with Crippen LogP contribution in [0.25, 0.3) is 0 Å². The Bertz CT molecular complexity index is 870. The first-order chi connectivity index (χ1) is 12.0. The van der Waals surface area contributed by atoms with Crippen molar-refractivity contribution in [3.63, 3.8) is 0 Å². The summed E-state index contributed by atoms with van der Waals surface area (Å²) in [6, 6.07) is 9.74. The molecule has 1 amide bonds. The monoisotopic (exact) mass is 374 g/mol. The number of hydrogen-bond acceptors (Lipinski definition) is 4. The Morgan fingerprint density at radius 2 is 2.04 bits per heavy atom. The number of halogens is 1. The maximum Gasteiger partial charge on any atom is 0.228 e. The summed E-state index contributed by atoms with van der Waals surface area (Å²) in [6.07, 6.45) is 2.94. The van der Waals surface area contributed by atoms with Gasteiger partial charge in [-0.1, -0.05) is 23.7 Å². The van der Waals surface area contributed by atoms with Crippen LogP contribution >= 0.6 is 22.9 Å². The van der Waals surface area contributed by atoms with Gasteiger partial charge in [0.15, 0.2) is 5.13 Å². The fourth-order valence-electron chi connectivity index (χ4n) is 2.54. The number of hydrogen-bond donors (Lipinski definition) is 1. The van der Waals surface area contributed by atoms with E-state index in [4.69, 9.17) is 11.6 Å². The number of amides is 1. The molecule has 1 N–H and O–H groups in total. The van der Waals surface area contributed by atoms with Crippen LogP contribution in [0.1, 0.15) is 28.2 Å². The predicted molar refractivity (Wildman–Crippen MR) is 101 cm³/mol. The maximum atomic E-state index is 12.1. The molecular formula is C18H19ClN4OS. The van der Waals surface area contributed by atoms with Crippen LogP contribution in [0, 0.1) is 13.8 Å². The van der Waals surface area contributed by atoms with E-state index in [0.717, 1.165) is 33.3 Å².